The second kappa shape index (κ2) is 5.54. The van der Waals surface area contributed by atoms with E-state index in [-0.39, 0.29) is 48.1 Å². The Hall–Kier alpha value is -2.43. The van der Waals surface area contributed by atoms with E-state index in [1.165, 1.54) is 11.8 Å². The average molecular weight is 364 g/mol. The molecular weight excluding hydrogens is 340 g/mol. The summed E-state index contributed by atoms with van der Waals surface area (Å²) in [4.78, 5) is 41.6. The van der Waals surface area contributed by atoms with Gasteiger partial charge in [0, 0.05) is 12.6 Å². The first-order chi connectivity index (χ1) is 12.9. The van der Waals surface area contributed by atoms with Crippen molar-refractivity contribution in [3.05, 3.63) is 41.5 Å². The molecular formula is C22H24N2O3. The molecule has 2 bridgehead atoms. The molecule has 1 aromatic carbocycles. The van der Waals surface area contributed by atoms with Gasteiger partial charge in [-0.3, -0.25) is 24.2 Å². The number of hydrogen-bond donors (Lipinski definition) is 0. The zero-order chi connectivity index (χ0) is 19.0. The van der Waals surface area contributed by atoms with Gasteiger partial charge < -0.3 is 0 Å². The van der Waals surface area contributed by atoms with Crippen LogP contribution in [0.4, 0.5) is 5.69 Å². The first kappa shape index (κ1) is 16.7. The zero-order valence-corrected chi connectivity index (χ0v) is 15.9. The van der Waals surface area contributed by atoms with Crippen molar-refractivity contribution in [1.82, 2.24) is 4.90 Å². The Morgan fingerprint density at radius 2 is 1.67 bits per heavy atom. The molecule has 140 valence electrons. The topological polar surface area (TPSA) is 57.7 Å². The second-order valence-electron chi connectivity index (χ2n) is 8.57. The summed E-state index contributed by atoms with van der Waals surface area (Å²) in [5.74, 6) is 0.797. The summed E-state index contributed by atoms with van der Waals surface area (Å²) in [7, 11) is 0. The predicted octanol–water partition coefficient (Wildman–Crippen LogP) is 2.67. The fourth-order valence-corrected chi connectivity index (χ4v) is 5.67. The van der Waals surface area contributed by atoms with Gasteiger partial charge >= 0.3 is 0 Å². The van der Waals surface area contributed by atoms with E-state index in [9.17, 15) is 14.4 Å². The van der Waals surface area contributed by atoms with E-state index < -0.39 is 0 Å². The fraction of sp³-hybridized carbons (Fsp3) is 0.500. The smallest absolute Gasteiger partial charge is 0.235 e. The minimum Gasteiger partial charge on any atom is -0.294 e. The van der Waals surface area contributed by atoms with Crippen LogP contribution in [0.5, 0.6) is 0 Å². The van der Waals surface area contributed by atoms with Crippen molar-refractivity contribution in [1.29, 1.82) is 0 Å². The SMILES string of the molecule is CC(=O)N(CN1C(=O)[C@@H]2[C@H]3C=C[C@@H]([C@@H]4C[C@@H]34)[C@@H]2C1=O)c1cccc(C)c1C. The van der Waals surface area contributed by atoms with Crippen LogP contribution >= 0.6 is 0 Å². The van der Waals surface area contributed by atoms with Crippen LogP contribution < -0.4 is 4.90 Å². The largest absolute Gasteiger partial charge is 0.294 e. The van der Waals surface area contributed by atoms with Gasteiger partial charge in [0.1, 0.15) is 6.67 Å². The Labute approximate surface area is 159 Å². The number of carbonyl (C=O) groups excluding carboxylic acids is 3. The Kier molecular flexibility index (Phi) is 3.43. The van der Waals surface area contributed by atoms with Gasteiger partial charge in [-0.2, -0.15) is 0 Å². The zero-order valence-electron chi connectivity index (χ0n) is 15.9. The van der Waals surface area contributed by atoms with Crippen LogP contribution in [-0.4, -0.2) is 29.3 Å². The van der Waals surface area contributed by atoms with Gasteiger partial charge in [0.15, 0.2) is 0 Å². The molecule has 2 saturated carbocycles. The number of allylic oxidation sites excluding steroid dienone is 2. The van der Waals surface area contributed by atoms with E-state index in [0.29, 0.717) is 11.8 Å². The monoisotopic (exact) mass is 364 g/mol. The van der Waals surface area contributed by atoms with Crippen molar-refractivity contribution in [3.8, 4) is 0 Å². The van der Waals surface area contributed by atoms with Gasteiger partial charge in [0.25, 0.3) is 0 Å². The average Bonchev–Trinajstić information content (AvgIpc) is 3.42. The third kappa shape index (κ3) is 2.20. The molecule has 3 amide bonds. The Balaban J connectivity index is 1.47. The summed E-state index contributed by atoms with van der Waals surface area (Å²) in [5.41, 5.74) is 2.84. The first-order valence-electron chi connectivity index (χ1n) is 9.78. The van der Waals surface area contributed by atoms with Crippen LogP contribution in [0, 0.1) is 49.4 Å². The number of hydrogen-bond acceptors (Lipinski definition) is 3. The maximum atomic E-state index is 13.2. The van der Waals surface area contributed by atoms with Crippen molar-refractivity contribution in [2.24, 2.45) is 35.5 Å². The van der Waals surface area contributed by atoms with Crippen molar-refractivity contribution in [2.45, 2.75) is 27.2 Å². The van der Waals surface area contributed by atoms with Gasteiger partial charge in [-0.05, 0) is 61.1 Å². The number of nitrogens with zero attached hydrogens (tertiary/aromatic N) is 2. The molecule has 0 spiro atoms. The van der Waals surface area contributed by atoms with Gasteiger partial charge in [0.05, 0.1) is 11.8 Å². The molecule has 3 fully saturated rings. The molecule has 4 aliphatic carbocycles. The molecule has 0 N–H and O–H groups in total. The van der Waals surface area contributed by atoms with Crippen LogP contribution in [0.2, 0.25) is 0 Å². The molecule has 1 aliphatic heterocycles. The molecule has 0 radical (unpaired) electrons. The summed E-state index contributed by atoms with van der Waals surface area (Å²) in [5, 5.41) is 0. The maximum absolute atomic E-state index is 13.2. The Morgan fingerprint density at radius 1 is 1.07 bits per heavy atom. The van der Waals surface area contributed by atoms with E-state index in [0.717, 1.165) is 23.2 Å². The standard InChI is InChI=1S/C22H24N2O3/c1-11-5-4-6-18(12(11)2)23(13(3)25)10-24-21(26)19-14-7-8-15(17-9-16(14)17)20(19)22(24)27/h4-8,14-17,19-20H,9-10H2,1-3H3/t14-,15-,16-,17-,19-,20+/m0/s1. The molecule has 1 aromatic rings. The van der Waals surface area contributed by atoms with E-state index in [2.05, 4.69) is 12.2 Å². The molecule has 27 heavy (non-hydrogen) atoms. The molecule has 6 rings (SSSR count). The summed E-state index contributed by atoms with van der Waals surface area (Å²) >= 11 is 0. The van der Waals surface area contributed by atoms with Crippen molar-refractivity contribution >= 4 is 23.4 Å². The number of carbonyl (C=O) groups is 3. The molecule has 1 saturated heterocycles. The normalized spacial score (nSPS) is 35.3. The number of rotatable bonds is 3. The van der Waals surface area contributed by atoms with Gasteiger partial charge in [0.2, 0.25) is 17.7 Å². The lowest BCUT2D eigenvalue weighted by molar-refractivity contribution is -0.140. The molecule has 1 heterocycles. The number of aryl methyl sites for hydroxylation is 1. The van der Waals surface area contributed by atoms with E-state index >= 15 is 0 Å². The van der Waals surface area contributed by atoms with Gasteiger partial charge in [-0.1, -0.05) is 24.3 Å². The van der Waals surface area contributed by atoms with Crippen LogP contribution in [-0.2, 0) is 14.4 Å². The highest BCUT2D eigenvalue weighted by Crippen LogP contribution is 2.65. The molecule has 5 heteroatoms. The number of imide groups is 1. The molecule has 0 unspecified atom stereocenters. The summed E-state index contributed by atoms with van der Waals surface area (Å²) < 4.78 is 0. The summed E-state index contributed by atoms with van der Waals surface area (Å²) in [6, 6.07) is 5.77. The Bertz CT molecular complexity index is 869. The first-order valence-corrected chi connectivity index (χ1v) is 9.78. The van der Waals surface area contributed by atoms with E-state index in [4.69, 9.17) is 0 Å². The van der Waals surface area contributed by atoms with Gasteiger partial charge in [-0.15, -0.1) is 0 Å². The summed E-state index contributed by atoms with van der Waals surface area (Å²) in [6.45, 7) is 5.46. The minimum absolute atomic E-state index is 0.0130. The van der Waals surface area contributed by atoms with Gasteiger partial charge in [-0.25, -0.2) is 0 Å². The van der Waals surface area contributed by atoms with Crippen molar-refractivity contribution in [2.75, 3.05) is 11.6 Å². The molecule has 6 atom stereocenters. The number of likely N-dealkylation sites (tertiary alicyclic amines) is 1. The quantitative estimate of drug-likeness (QED) is 0.612. The highest BCUT2D eigenvalue weighted by atomic mass is 16.2. The fourth-order valence-electron chi connectivity index (χ4n) is 5.67. The number of anilines is 1. The predicted molar refractivity (Wildman–Crippen MR) is 100 cm³/mol. The highest BCUT2D eigenvalue weighted by Gasteiger charge is 2.67. The Morgan fingerprint density at radius 3 is 2.22 bits per heavy atom. The number of benzene rings is 1. The number of amides is 3. The highest BCUT2D eigenvalue weighted by molar-refractivity contribution is 6.07. The summed E-state index contributed by atoms with van der Waals surface area (Å²) in [6.07, 6.45) is 5.49. The molecule has 0 aromatic heterocycles. The maximum Gasteiger partial charge on any atom is 0.235 e. The molecule has 5 aliphatic rings. The van der Waals surface area contributed by atoms with E-state index in [1.54, 1.807) is 4.90 Å². The van der Waals surface area contributed by atoms with Crippen molar-refractivity contribution in [3.63, 3.8) is 0 Å². The van der Waals surface area contributed by atoms with E-state index in [1.807, 2.05) is 32.0 Å². The minimum atomic E-state index is -0.219. The lowest BCUT2D eigenvalue weighted by atomic mass is 9.63. The van der Waals surface area contributed by atoms with Crippen LogP contribution in [0.15, 0.2) is 30.4 Å². The van der Waals surface area contributed by atoms with Crippen LogP contribution in [0.3, 0.4) is 0 Å². The van der Waals surface area contributed by atoms with Crippen LogP contribution in [0.25, 0.3) is 0 Å². The van der Waals surface area contributed by atoms with Crippen LogP contribution in [0.1, 0.15) is 24.5 Å². The molecule has 5 nitrogen and oxygen atoms in total. The third-order valence-corrected chi connectivity index (χ3v) is 7.28. The van der Waals surface area contributed by atoms with Crippen molar-refractivity contribution < 1.29 is 14.4 Å². The third-order valence-electron chi connectivity index (χ3n) is 7.28. The lowest BCUT2D eigenvalue weighted by Gasteiger charge is -2.37. The lowest BCUT2D eigenvalue weighted by Crippen LogP contribution is -2.44. The second-order valence-corrected chi connectivity index (χ2v) is 8.57.